The van der Waals surface area contributed by atoms with Gasteiger partial charge in [0.1, 0.15) is 19.0 Å². The summed E-state index contributed by atoms with van der Waals surface area (Å²) < 4.78 is 43.8. The van der Waals surface area contributed by atoms with Gasteiger partial charge >= 0.3 is 0 Å². The standard InChI is InChI=1S/C22H26N2O6S/c1-15(16-5-7-20-21(13-16)30-12-11-29-20)23-22(25)18-14-17(6-8-19(18)28-2)31(26,27)24-9-3-4-10-24/h5-8,13-15H,3-4,9-12H2,1-2H3,(H,23,25). The second-order valence-electron chi connectivity index (χ2n) is 7.57. The summed E-state index contributed by atoms with van der Waals surface area (Å²) in [5.74, 6) is 1.21. The Bertz CT molecular complexity index is 1080. The maximum atomic E-state index is 13.0. The summed E-state index contributed by atoms with van der Waals surface area (Å²) in [6.07, 6.45) is 1.69. The van der Waals surface area contributed by atoms with Gasteiger partial charge in [0.2, 0.25) is 10.0 Å². The number of benzene rings is 2. The number of carbonyl (C=O) groups is 1. The first-order valence-electron chi connectivity index (χ1n) is 10.3. The Hall–Kier alpha value is -2.78. The lowest BCUT2D eigenvalue weighted by atomic mass is 10.1. The molecule has 166 valence electrons. The molecule has 1 saturated heterocycles. The molecule has 2 heterocycles. The van der Waals surface area contributed by atoms with Crippen LogP contribution in [0.15, 0.2) is 41.3 Å². The number of sulfonamides is 1. The van der Waals surface area contributed by atoms with Crippen LogP contribution < -0.4 is 19.5 Å². The van der Waals surface area contributed by atoms with Gasteiger partial charge in [-0.3, -0.25) is 4.79 Å². The number of carbonyl (C=O) groups excluding carboxylic acids is 1. The maximum Gasteiger partial charge on any atom is 0.255 e. The first-order chi connectivity index (χ1) is 14.9. The molecule has 2 aliphatic rings. The monoisotopic (exact) mass is 446 g/mol. The van der Waals surface area contributed by atoms with Crippen molar-refractivity contribution in [1.82, 2.24) is 9.62 Å². The predicted molar refractivity (Wildman–Crippen MR) is 114 cm³/mol. The zero-order chi connectivity index (χ0) is 22.0. The Labute approximate surface area is 182 Å². The van der Waals surface area contributed by atoms with E-state index in [9.17, 15) is 13.2 Å². The van der Waals surface area contributed by atoms with Gasteiger partial charge in [-0.25, -0.2) is 8.42 Å². The number of hydrogen-bond donors (Lipinski definition) is 1. The average molecular weight is 447 g/mol. The summed E-state index contributed by atoms with van der Waals surface area (Å²) in [5, 5.41) is 2.92. The van der Waals surface area contributed by atoms with Crippen molar-refractivity contribution in [2.24, 2.45) is 0 Å². The molecule has 2 aromatic rings. The molecule has 1 atom stereocenters. The van der Waals surface area contributed by atoms with Gasteiger partial charge in [0, 0.05) is 13.1 Å². The van der Waals surface area contributed by atoms with Gasteiger partial charge in [0.15, 0.2) is 11.5 Å². The molecule has 0 aliphatic carbocycles. The highest BCUT2D eigenvalue weighted by Gasteiger charge is 2.29. The molecule has 31 heavy (non-hydrogen) atoms. The normalized spacial score (nSPS) is 17.2. The van der Waals surface area contributed by atoms with E-state index in [1.807, 2.05) is 25.1 Å². The van der Waals surface area contributed by atoms with Crippen LogP contribution in [0.2, 0.25) is 0 Å². The van der Waals surface area contributed by atoms with Gasteiger partial charge in [0.25, 0.3) is 5.91 Å². The number of hydrogen-bond acceptors (Lipinski definition) is 6. The van der Waals surface area contributed by atoms with E-state index in [4.69, 9.17) is 14.2 Å². The SMILES string of the molecule is COc1ccc(S(=O)(=O)N2CCCC2)cc1C(=O)NC(C)c1ccc2c(c1)OCCO2. The molecule has 1 amide bonds. The number of ether oxygens (including phenoxy) is 3. The van der Waals surface area contributed by atoms with Crippen molar-refractivity contribution in [3.8, 4) is 17.2 Å². The van der Waals surface area contributed by atoms with E-state index in [2.05, 4.69) is 5.32 Å². The van der Waals surface area contributed by atoms with E-state index < -0.39 is 15.9 Å². The number of methoxy groups -OCH3 is 1. The predicted octanol–water partition coefficient (Wildman–Crippen LogP) is 2.74. The Morgan fingerprint density at radius 1 is 1.06 bits per heavy atom. The molecule has 2 aromatic carbocycles. The molecule has 9 heteroatoms. The number of rotatable bonds is 6. The van der Waals surface area contributed by atoms with Gasteiger partial charge < -0.3 is 19.5 Å². The minimum absolute atomic E-state index is 0.0901. The molecule has 4 rings (SSSR count). The third kappa shape index (κ3) is 4.33. The van der Waals surface area contributed by atoms with E-state index >= 15 is 0 Å². The summed E-state index contributed by atoms with van der Waals surface area (Å²) in [7, 11) is -2.19. The molecule has 0 bridgehead atoms. The third-order valence-electron chi connectivity index (χ3n) is 5.53. The van der Waals surface area contributed by atoms with Gasteiger partial charge in [-0.15, -0.1) is 0 Å². The van der Waals surface area contributed by atoms with Crippen LogP contribution in [-0.2, 0) is 10.0 Å². The van der Waals surface area contributed by atoms with E-state index in [0.717, 1.165) is 18.4 Å². The van der Waals surface area contributed by atoms with Crippen molar-refractivity contribution >= 4 is 15.9 Å². The molecular weight excluding hydrogens is 420 g/mol. The lowest BCUT2D eigenvalue weighted by Gasteiger charge is -2.21. The van der Waals surface area contributed by atoms with Crippen LogP contribution in [0.5, 0.6) is 17.2 Å². The van der Waals surface area contributed by atoms with Crippen molar-refractivity contribution in [2.45, 2.75) is 30.7 Å². The van der Waals surface area contributed by atoms with Crippen molar-refractivity contribution < 1.29 is 27.4 Å². The fraction of sp³-hybridized carbons (Fsp3) is 0.409. The first-order valence-corrected chi connectivity index (χ1v) is 11.7. The molecule has 1 N–H and O–H groups in total. The number of nitrogens with one attached hydrogen (secondary N) is 1. The molecular formula is C22H26N2O6S. The van der Waals surface area contributed by atoms with Crippen molar-refractivity contribution in [1.29, 1.82) is 0 Å². The van der Waals surface area contributed by atoms with Crippen molar-refractivity contribution in [3.05, 3.63) is 47.5 Å². The summed E-state index contributed by atoms with van der Waals surface area (Å²) in [6.45, 7) is 3.83. The van der Waals surface area contributed by atoms with Gasteiger partial charge in [0.05, 0.1) is 23.6 Å². The quantitative estimate of drug-likeness (QED) is 0.733. The topological polar surface area (TPSA) is 94.2 Å². The summed E-state index contributed by atoms with van der Waals surface area (Å²) in [5.41, 5.74) is 1.02. The largest absolute Gasteiger partial charge is 0.496 e. The third-order valence-corrected chi connectivity index (χ3v) is 7.43. The highest BCUT2D eigenvalue weighted by Crippen LogP contribution is 2.33. The smallest absolute Gasteiger partial charge is 0.255 e. The first kappa shape index (κ1) is 21.5. The van der Waals surface area contributed by atoms with Gasteiger partial charge in [-0.05, 0) is 55.7 Å². The fourth-order valence-corrected chi connectivity index (χ4v) is 5.33. The molecule has 1 fully saturated rings. The highest BCUT2D eigenvalue weighted by molar-refractivity contribution is 7.89. The summed E-state index contributed by atoms with van der Waals surface area (Å²) in [4.78, 5) is 13.1. The fourth-order valence-electron chi connectivity index (χ4n) is 3.79. The Morgan fingerprint density at radius 3 is 2.48 bits per heavy atom. The van der Waals surface area contributed by atoms with E-state index in [0.29, 0.717) is 43.6 Å². The zero-order valence-corrected chi connectivity index (χ0v) is 18.4. The van der Waals surface area contributed by atoms with Crippen LogP contribution in [-0.4, -0.2) is 52.0 Å². The Balaban J connectivity index is 1.57. The number of nitrogens with zero attached hydrogens (tertiary/aromatic N) is 1. The lowest BCUT2D eigenvalue weighted by Crippen LogP contribution is -2.29. The van der Waals surface area contributed by atoms with Gasteiger partial charge in [-0.1, -0.05) is 6.07 Å². The van der Waals surface area contributed by atoms with Crippen molar-refractivity contribution in [3.63, 3.8) is 0 Å². The molecule has 2 aliphatic heterocycles. The second-order valence-corrected chi connectivity index (χ2v) is 9.51. The zero-order valence-electron chi connectivity index (χ0n) is 17.6. The van der Waals surface area contributed by atoms with Crippen molar-refractivity contribution in [2.75, 3.05) is 33.4 Å². The van der Waals surface area contributed by atoms with Crippen LogP contribution in [0.3, 0.4) is 0 Å². The Morgan fingerprint density at radius 2 is 1.77 bits per heavy atom. The Kier molecular flexibility index (Phi) is 6.06. The van der Waals surface area contributed by atoms with Gasteiger partial charge in [-0.2, -0.15) is 4.31 Å². The summed E-state index contributed by atoms with van der Waals surface area (Å²) >= 11 is 0. The molecule has 0 radical (unpaired) electrons. The lowest BCUT2D eigenvalue weighted by molar-refractivity contribution is 0.0936. The van der Waals surface area contributed by atoms with E-state index in [1.165, 1.54) is 29.6 Å². The minimum atomic E-state index is -3.64. The maximum absolute atomic E-state index is 13.0. The van der Waals surface area contributed by atoms with E-state index in [-0.39, 0.29) is 16.5 Å². The minimum Gasteiger partial charge on any atom is -0.496 e. The molecule has 8 nitrogen and oxygen atoms in total. The second kappa shape index (κ2) is 8.76. The van der Waals surface area contributed by atoms with Crippen LogP contribution in [0.1, 0.15) is 41.7 Å². The molecule has 0 saturated carbocycles. The molecule has 1 unspecified atom stereocenters. The summed E-state index contributed by atoms with van der Waals surface area (Å²) in [6, 6.07) is 9.57. The van der Waals surface area contributed by atoms with Crippen LogP contribution in [0.4, 0.5) is 0 Å². The van der Waals surface area contributed by atoms with Crippen LogP contribution >= 0.6 is 0 Å². The van der Waals surface area contributed by atoms with E-state index in [1.54, 1.807) is 0 Å². The van der Waals surface area contributed by atoms with Crippen LogP contribution in [0, 0.1) is 0 Å². The molecule has 0 aromatic heterocycles. The van der Waals surface area contributed by atoms with Crippen LogP contribution in [0.25, 0.3) is 0 Å². The average Bonchev–Trinajstić information content (AvgIpc) is 3.34. The number of fused-ring (bicyclic) bond motifs is 1. The molecule has 0 spiro atoms. The highest BCUT2D eigenvalue weighted by atomic mass is 32.2. The number of amides is 1.